The Hall–Kier alpha value is -2.91. The number of aromatic nitrogens is 1. The third-order valence-electron chi connectivity index (χ3n) is 5.08. The van der Waals surface area contributed by atoms with Crippen LogP contribution in [0.1, 0.15) is 39.2 Å². The SMILES string of the molecule is Cc1sc(NC(=O)c2cc3ccccc3nc2N2CCCC2)c(C#N)c1C. The Morgan fingerprint density at radius 1 is 1.26 bits per heavy atom. The summed E-state index contributed by atoms with van der Waals surface area (Å²) in [6, 6.07) is 12.0. The fourth-order valence-corrected chi connectivity index (χ4v) is 4.47. The van der Waals surface area contributed by atoms with Crippen LogP contribution in [0, 0.1) is 25.2 Å². The van der Waals surface area contributed by atoms with Crippen molar-refractivity contribution in [2.24, 2.45) is 0 Å². The molecule has 0 spiro atoms. The van der Waals surface area contributed by atoms with Gasteiger partial charge in [0.25, 0.3) is 5.91 Å². The third kappa shape index (κ3) is 3.15. The van der Waals surface area contributed by atoms with Crippen molar-refractivity contribution in [3.05, 3.63) is 51.9 Å². The molecule has 0 bridgehead atoms. The van der Waals surface area contributed by atoms with Crippen LogP contribution in [-0.4, -0.2) is 24.0 Å². The molecule has 0 radical (unpaired) electrons. The van der Waals surface area contributed by atoms with E-state index in [2.05, 4.69) is 16.3 Å². The van der Waals surface area contributed by atoms with Gasteiger partial charge in [0.15, 0.2) is 0 Å². The van der Waals surface area contributed by atoms with Crippen molar-refractivity contribution in [2.45, 2.75) is 26.7 Å². The first-order chi connectivity index (χ1) is 13.1. The highest BCUT2D eigenvalue weighted by atomic mass is 32.1. The van der Waals surface area contributed by atoms with Crippen molar-refractivity contribution < 1.29 is 4.79 Å². The van der Waals surface area contributed by atoms with Gasteiger partial charge in [0.2, 0.25) is 0 Å². The number of amides is 1. The lowest BCUT2D eigenvalue weighted by atomic mass is 10.1. The zero-order valence-electron chi connectivity index (χ0n) is 15.4. The summed E-state index contributed by atoms with van der Waals surface area (Å²) in [4.78, 5) is 21.2. The molecule has 0 atom stereocenters. The number of nitriles is 1. The van der Waals surface area contributed by atoms with E-state index in [4.69, 9.17) is 4.98 Å². The van der Waals surface area contributed by atoms with E-state index in [1.165, 1.54) is 11.3 Å². The molecule has 0 saturated carbocycles. The lowest BCUT2D eigenvalue weighted by molar-refractivity contribution is 0.102. The van der Waals surface area contributed by atoms with Gasteiger partial charge in [-0.3, -0.25) is 4.79 Å². The molecular formula is C21H20N4OS. The first-order valence-corrected chi connectivity index (χ1v) is 9.86. The van der Waals surface area contributed by atoms with Gasteiger partial charge < -0.3 is 10.2 Å². The zero-order valence-corrected chi connectivity index (χ0v) is 16.2. The molecule has 0 aliphatic carbocycles. The van der Waals surface area contributed by atoms with Gasteiger partial charge in [0.1, 0.15) is 16.9 Å². The molecule has 5 nitrogen and oxygen atoms in total. The van der Waals surface area contributed by atoms with Gasteiger partial charge in [-0.15, -0.1) is 11.3 Å². The number of rotatable bonds is 3. The Morgan fingerprint density at radius 3 is 2.74 bits per heavy atom. The smallest absolute Gasteiger partial charge is 0.260 e. The second-order valence-electron chi connectivity index (χ2n) is 6.80. The normalized spacial score (nSPS) is 13.7. The second-order valence-corrected chi connectivity index (χ2v) is 8.02. The highest BCUT2D eigenvalue weighted by Crippen LogP contribution is 2.33. The van der Waals surface area contributed by atoms with Crippen LogP contribution in [-0.2, 0) is 0 Å². The summed E-state index contributed by atoms with van der Waals surface area (Å²) >= 11 is 1.44. The fraction of sp³-hybridized carbons (Fsp3) is 0.286. The first kappa shape index (κ1) is 17.5. The quantitative estimate of drug-likeness (QED) is 0.723. The number of nitrogens with zero attached hydrogens (tertiary/aromatic N) is 3. The lowest BCUT2D eigenvalue weighted by Gasteiger charge is -2.20. The van der Waals surface area contributed by atoms with Gasteiger partial charge in [-0.05, 0) is 44.4 Å². The Labute approximate surface area is 162 Å². The first-order valence-electron chi connectivity index (χ1n) is 9.04. The van der Waals surface area contributed by atoms with E-state index in [1.54, 1.807) is 0 Å². The van der Waals surface area contributed by atoms with E-state index in [9.17, 15) is 10.1 Å². The maximum Gasteiger partial charge on any atom is 0.260 e. The summed E-state index contributed by atoms with van der Waals surface area (Å²) in [5.41, 5.74) is 2.91. The van der Waals surface area contributed by atoms with Crippen molar-refractivity contribution in [1.82, 2.24) is 4.98 Å². The topological polar surface area (TPSA) is 69.0 Å². The Balaban J connectivity index is 1.77. The average Bonchev–Trinajstić information content (AvgIpc) is 3.29. The standard InChI is InChI=1S/C21H20N4OS/c1-13-14(2)27-21(17(13)12-22)24-20(26)16-11-15-7-3-4-8-18(15)23-19(16)25-9-5-6-10-25/h3-4,7-8,11H,5-6,9-10H2,1-2H3,(H,24,26). The molecular weight excluding hydrogens is 356 g/mol. The van der Waals surface area contributed by atoms with Crippen LogP contribution in [0.3, 0.4) is 0 Å². The molecule has 0 unspecified atom stereocenters. The number of anilines is 2. The monoisotopic (exact) mass is 376 g/mol. The summed E-state index contributed by atoms with van der Waals surface area (Å²) < 4.78 is 0. The molecule has 6 heteroatoms. The minimum Gasteiger partial charge on any atom is -0.356 e. The third-order valence-corrected chi connectivity index (χ3v) is 6.20. The number of hydrogen-bond donors (Lipinski definition) is 1. The predicted octanol–water partition coefficient (Wildman–Crippen LogP) is 4.64. The van der Waals surface area contributed by atoms with Gasteiger partial charge in [-0.1, -0.05) is 18.2 Å². The van der Waals surface area contributed by atoms with E-state index in [0.717, 1.165) is 53.1 Å². The summed E-state index contributed by atoms with van der Waals surface area (Å²) in [6.07, 6.45) is 2.22. The second kappa shape index (κ2) is 7.01. The number of carbonyl (C=O) groups is 1. The maximum atomic E-state index is 13.1. The molecule has 1 aliphatic heterocycles. The van der Waals surface area contributed by atoms with Crippen molar-refractivity contribution in [2.75, 3.05) is 23.3 Å². The zero-order chi connectivity index (χ0) is 19.0. The highest BCUT2D eigenvalue weighted by molar-refractivity contribution is 7.16. The van der Waals surface area contributed by atoms with E-state index in [0.29, 0.717) is 16.1 Å². The van der Waals surface area contributed by atoms with Crippen LogP contribution in [0.25, 0.3) is 10.9 Å². The number of hydrogen-bond acceptors (Lipinski definition) is 5. The molecule has 1 aliphatic rings. The maximum absolute atomic E-state index is 13.1. The van der Waals surface area contributed by atoms with Crippen LogP contribution in [0.4, 0.5) is 10.8 Å². The van der Waals surface area contributed by atoms with E-state index in [-0.39, 0.29) is 5.91 Å². The van der Waals surface area contributed by atoms with Crippen LogP contribution in [0.15, 0.2) is 30.3 Å². The molecule has 1 N–H and O–H groups in total. The number of fused-ring (bicyclic) bond motifs is 1. The van der Waals surface area contributed by atoms with Gasteiger partial charge in [-0.2, -0.15) is 5.26 Å². The Morgan fingerprint density at radius 2 is 2.00 bits per heavy atom. The Bertz CT molecular complexity index is 1070. The number of aryl methyl sites for hydroxylation is 1. The molecule has 136 valence electrons. The van der Waals surface area contributed by atoms with Gasteiger partial charge in [-0.25, -0.2) is 4.98 Å². The lowest BCUT2D eigenvalue weighted by Crippen LogP contribution is -2.24. The van der Waals surface area contributed by atoms with Crippen LogP contribution < -0.4 is 10.2 Å². The van der Waals surface area contributed by atoms with Crippen molar-refractivity contribution >= 4 is 39.0 Å². The number of carbonyl (C=O) groups excluding carboxylic acids is 1. The molecule has 1 amide bonds. The summed E-state index contributed by atoms with van der Waals surface area (Å²) in [5, 5.41) is 14.0. The van der Waals surface area contributed by atoms with Gasteiger partial charge >= 0.3 is 0 Å². The minimum absolute atomic E-state index is 0.215. The number of pyridine rings is 1. The van der Waals surface area contributed by atoms with Gasteiger partial charge in [0.05, 0.1) is 16.6 Å². The minimum atomic E-state index is -0.215. The average molecular weight is 376 g/mol. The number of para-hydroxylation sites is 1. The molecule has 1 fully saturated rings. The summed E-state index contributed by atoms with van der Waals surface area (Å²) in [5.74, 6) is 0.514. The highest BCUT2D eigenvalue weighted by Gasteiger charge is 2.23. The molecule has 3 aromatic rings. The van der Waals surface area contributed by atoms with Crippen molar-refractivity contribution in [1.29, 1.82) is 5.26 Å². The fourth-order valence-electron chi connectivity index (χ4n) is 3.46. The molecule has 1 saturated heterocycles. The van der Waals surface area contributed by atoms with Crippen LogP contribution >= 0.6 is 11.3 Å². The molecule has 3 heterocycles. The van der Waals surface area contributed by atoms with E-state index in [1.807, 2.05) is 44.2 Å². The molecule has 2 aromatic heterocycles. The number of nitrogens with one attached hydrogen (secondary N) is 1. The number of thiophene rings is 1. The molecule has 4 rings (SSSR count). The Kier molecular flexibility index (Phi) is 4.54. The predicted molar refractivity (Wildman–Crippen MR) is 110 cm³/mol. The van der Waals surface area contributed by atoms with Crippen LogP contribution in [0.5, 0.6) is 0 Å². The summed E-state index contributed by atoms with van der Waals surface area (Å²) in [7, 11) is 0. The van der Waals surface area contributed by atoms with Gasteiger partial charge in [0, 0.05) is 23.4 Å². The van der Waals surface area contributed by atoms with Crippen molar-refractivity contribution in [3.8, 4) is 6.07 Å². The largest absolute Gasteiger partial charge is 0.356 e. The van der Waals surface area contributed by atoms with E-state index >= 15 is 0 Å². The van der Waals surface area contributed by atoms with Crippen molar-refractivity contribution in [3.63, 3.8) is 0 Å². The molecule has 1 aromatic carbocycles. The molecule has 27 heavy (non-hydrogen) atoms. The van der Waals surface area contributed by atoms with Crippen LogP contribution in [0.2, 0.25) is 0 Å². The van der Waals surface area contributed by atoms with E-state index < -0.39 is 0 Å². The summed E-state index contributed by atoms with van der Waals surface area (Å²) in [6.45, 7) is 5.69. The number of benzene rings is 1.